The van der Waals surface area contributed by atoms with E-state index in [0.29, 0.717) is 11.1 Å². The Kier molecular flexibility index (Phi) is 3.06. The first-order chi connectivity index (χ1) is 7.58. The molecular weight excluding hydrogens is 271 g/mol. The molecule has 0 bridgehead atoms. The van der Waals surface area contributed by atoms with Gasteiger partial charge in [-0.15, -0.1) is 0 Å². The molecule has 1 aromatic carbocycles. The second kappa shape index (κ2) is 4.34. The van der Waals surface area contributed by atoms with Crippen molar-refractivity contribution in [3.05, 3.63) is 59.7 Å². The predicted molar refractivity (Wildman–Crippen MR) is 65.4 cm³/mol. The van der Waals surface area contributed by atoms with Crippen molar-refractivity contribution in [3.63, 3.8) is 0 Å². The van der Waals surface area contributed by atoms with Crippen molar-refractivity contribution in [2.75, 3.05) is 0 Å². The van der Waals surface area contributed by atoms with Crippen molar-refractivity contribution in [1.29, 1.82) is 0 Å². The molecule has 2 rings (SSSR count). The molecule has 3 heteroatoms. The average molecular weight is 281 g/mol. The van der Waals surface area contributed by atoms with Crippen LogP contribution in [-0.4, -0.2) is 10.4 Å². The maximum absolute atomic E-state index is 13.6. The Morgan fingerprint density at radius 2 is 2.00 bits per heavy atom. The smallest absolute Gasteiger partial charge is 0.189 e. The third-order valence-electron chi connectivity index (χ3n) is 2.39. The van der Waals surface area contributed by atoms with Gasteiger partial charge in [0.2, 0.25) is 0 Å². The Morgan fingerprint density at radius 1 is 1.31 bits per heavy atom. The van der Waals surface area contributed by atoms with Crippen LogP contribution < -0.4 is 0 Å². The quantitative estimate of drug-likeness (QED) is 0.595. The first-order valence-corrected chi connectivity index (χ1v) is 5.74. The van der Waals surface area contributed by atoms with Gasteiger partial charge in [-0.3, -0.25) is 4.79 Å². The summed E-state index contributed by atoms with van der Waals surface area (Å²) < 4.78 is 12.0. The van der Waals surface area contributed by atoms with Gasteiger partial charge in [-0.05, 0) is 22.0 Å². The lowest BCUT2D eigenvalue weighted by Gasteiger charge is -2.18. The molecule has 1 aliphatic rings. The second-order valence-electron chi connectivity index (χ2n) is 3.68. The highest BCUT2D eigenvalue weighted by Gasteiger charge is 2.28. The molecule has 0 aliphatic heterocycles. The summed E-state index contributed by atoms with van der Waals surface area (Å²) in [4.78, 5) is 12.0. The molecule has 16 heavy (non-hydrogen) atoms. The van der Waals surface area contributed by atoms with Crippen LogP contribution in [0.15, 0.2) is 54.1 Å². The SMILES string of the molecule is O=C(C1=CC=CC(F)(Br)C1)c1ccccc1. The summed E-state index contributed by atoms with van der Waals surface area (Å²) in [6.07, 6.45) is 4.69. The van der Waals surface area contributed by atoms with Crippen LogP contribution in [-0.2, 0) is 0 Å². The summed E-state index contributed by atoms with van der Waals surface area (Å²) in [6, 6.07) is 8.90. The number of hydrogen-bond acceptors (Lipinski definition) is 1. The van der Waals surface area contributed by atoms with Gasteiger partial charge in [0.15, 0.2) is 10.4 Å². The zero-order valence-electron chi connectivity index (χ0n) is 8.49. The molecule has 82 valence electrons. The molecule has 0 aromatic heterocycles. The first kappa shape index (κ1) is 11.3. The van der Waals surface area contributed by atoms with E-state index < -0.39 is 4.58 Å². The van der Waals surface area contributed by atoms with Crippen molar-refractivity contribution in [2.24, 2.45) is 0 Å². The maximum atomic E-state index is 13.6. The van der Waals surface area contributed by atoms with Crippen LogP contribution in [0.1, 0.15) is 16.8 Å². The molecule has 0 radical (unpaired) electrons. The summed E-state index contributed by atoms with van der Waals surface area (Å²) in [5.41, 5.74) is 1.07. The second-order valence-corrected chi connectivity index (χ2v) is 5.00. The van der Waals surface area contributed by atoms with Crippen molar-refractivity contribution >= 4 is 21.7 Å². The van der Waals surface area contributed by atoms with Crippen molar-refractivity contribution < 1.29 is 9.18 Å². The summed E-state index contributed by atoms with van der Waals surface area (Å²) in [6.45, 7) is 0. The number of alkyl halides is 2. The molecule has 0 spiro atoms. The lowest BCUT2D eigenvalue weighted by molar-refractivity contribution is 0.102. The monoisotopic (exact) mass is 280 g/mol. The number of allylic oxidation sites excluding steroid dienone is 4. The van der Waals surface area contributed by atoms with E-state index in [2.05, 4.69) is 15.9 Å². The Balaban J connectivity index is 2.25. The van der Waals surface area contributed by atoms with Crippen LogP contribution in [0.25, 0.3) is 0 Å². The zero-order valence-corrected chi connectivity index (χ0v) is 10.1. The molecule has 0 heterocycles. The molecule has 0 fully saturated rings. The number of ketones is 1. The minimum atomic E-state index is -1.60. The molecular formula is C13H10BrFO. The molecule has 1 nitrogen and oxygen atoms in total. The van der Waals surface area contributed by atoms with Crippen molar-refractivity contribution in [3.8, 4) is 0 Å². The zero-order chi connectivity index (χ0) is 11.6. The molecule has 1 aliphatic carbocycles. The van der Waals surface area contributed by atoms with Crippen LogP contribution >= 0.6 is 15.9 Å². The topological polar surface area (TPSA) is 17.1 Å². The van der Waals surface area contributed by atoms with E-state index >= 15 is 0 Å². The number of carbonyl (C=O) groups is 1. The van der Waals surface area contributed by atoms with Crippen LogP contribution in [0.5, 0.6) is 0 Å². The number of Topliss-reactive ketones (excluding diaryl/α,β-unsaturated/α-hetero) is 1. The van der Waals surface area contributed by atoms with E-state index in [1.54, 1.807) is 36.4 Å². The van der Waals surface area contributed by atoms with Gasteiger partial charge in [-0.25, -0.2) is 4.39 Å². The summed E-state index contributed by atoms with van der Waals surface area (Å²) in [5.74, 6) is -0.119. The minimum absolute atomic E-state index is 0.0667. The highest BCUT2D eigenvalue weighted by Crippen LogP contribution is 2.33. The number of benzene rings is 1. The lowest BCUT2D eigenvalue weighted by Crippen LogP contribution is -2.17. The van der Waals surface area contributed by atoms with Crippen LogP contribution in [0.2, 0.25) is 0 Å². The largest absolute Gasteiger partial charge is 0.289 e. The van der Waals surface area contributed by atoms with Gasteiger partial charge in [0.05, 0.1) is 0 Å². The van der Waals surface area contributed by atoms with Gasteiger partial charge in [0.25, 0.3) is 0 Å². The number of rotatable bonds is 2. The third kappa shape index (κ3) is 2.47. The summed E-state index contributed by atoms with van der Waals surface area (Å²) >= 11 is 2.93. The highest BCUT2D eigenvalue weighted by molar-refractivity contribution is 9.10. The Hall–Kier alpha value is -1.22. The Bertz CT molecular complexity index is 460. The van der Waals surface area contributed by atoms with E-state index in [9.17, 15) is 9.18 Å². The first-order valence-electron chi connectivity index (χ1n) is 4.94. The van der Waals surface area contributed by atoms with Crippen molar-refractivity contribution in [1.82, 2.24) is 0 Å². The molecule has 0 saturated heterocycles. The van der Waals surface area contributed by atoms with Gasteiger partial charge in [0, 0.05) is 17.6 Å². The normalized spacial score (nSPS) is 24.0. The fourth-order valence-corrected chi connectivity index (χ4v) is 2.06. The maximum Gasteiger partial charge on any atom is 0.189 e. The predicted octanol–water partition coefficient (Wildman–Crippen LogP) is 3.82. The fraction of sp³-hybridized carbons (Fsp3) is 0.154. The Morgan fingerprint density at radius 3 is 2.62 bits per heavy atom. The number of hydrogen-bond donors (Lipinski definition) is 0. The lowest BCUT2D eigenvalue weighted by atomic mass is 9.95. The van der Waals surface area contributed by atoms with E-state index in [1.807, 2.05) is 6.07 Å². The summed E-state index contributed by atoms with van der Waals surface area (Å²) in [5, 5.41) is 0. The molecule has 0 amide bonds. The minimum Gasteiger partial charge on any atom is -0.289 e. The van der Waals surface area contributed by atoms with E-state index in [-0.39, 0.29) is 12.2 Å². The standard InChI is InChI=1S/C13H10BrFO/c14-13(15)8-4-7-11(9-13)12(16)10-5-2-1-3-6-10/h1-8H,9H2. The number of halogens is 2. The average Bonchev–Trinajstić information content (AvgIpc) is 2.28. The van der Waals surface area contributed by atoms with Gasteiger partial charge in [-0.1, -0.05) is 42.5 Å². The van der Waals surface area contributed by atoms with Crippen LogP contribution in [0.3, 0.4) is 0 Å². The molecule has 1 unspecified atom stereocenters. The summed E-state index contributed by atoms with van der Waals surface area (Å²) in [7, 11) is 0. The Labute approximate surface area is 102 Å². The van der Waals surface area contributed by atoms with E-state index in [4.69, 9.17) is 0 Å². The third-order valence-corrected chi connectivity index (χ3v) is 2.94. The van der Waals surface area contributed by atoms with Gasteiger partial charge >= 0.3 is 0 Å². The molecule has 0 N–H and O–H groups in total. The fourth-order valence-electron chi connectivity index (χ4n) is 1.61. The molecule has 1 aromatic rings. The number of carbonyl (C=O) groups excluding carboxylic acids is 1. The van der Waals surface area contributed by atoms with E-state index in [0.717, 1.165) is 0 Å². The van der Waals surface area contributed by atoms with Crippen LogP contribution in [0.4, 0.5) is 4.39 Å². The van der Waals surface area contributed by atoms with Gasteiger partial charge in [0.1, 0.15) is 0 Å². The van der Waals surface area contributed by atoms with Gasteiger partial charge < -0.3 is 0 Å². The van der Waals surface area contributed by atoms with Crippen molar-refractivity contribution in [2.45, 2.75) is 11.0 Å². The highest BCUT2D eigenvalue weighted by atomic mass is 79.9. The molecule has 0 saturated carbocycles. The van der Waals surface area contributed by atoms with Crippen LogP contribution in [0, 0.1) is 0 Å². The van der Waals surface area contributed by atoms with Gasteiger partial charge in [-0.2, -0.15) is 0 Å². The van der Waals surface area contributed by atoms with E-state index in [1.165, 1.54) is 6.08 Å². The molecule has 1 atom stereocenters.